The smallest absolute Gasteiger partial charge is 0.126 e. The van der Waals surface area contributed by atoms with Crippen molar-refractivity contribution >= 4 is 0 Å². The summed E-state index contributed by atoms with van der Waals surface area (Å²) in [5, 5.41) is 0. The third-order valence-corrected chi connectivity index (χ3v) is 5.50. The molecule has 0 spiro atoms. The van der Waals surface area contributed by atoms with Crippen molar-refractivity contribution < 1.29 is 9.13 Å². The van der Waals surface area contributed by atoms with Crippen LogP contribution >= 0.6 is 0 Å². The largest absolute Gasteiger partial charge is 0.378 e. The number of aryl methyl sites for hydroxylation is 1. The standard InChI is InChI=1S/C19H27FO/c1-13-3-10-19(21-12-13)16-8-6-15(7-9-16)17-5-4-14(2)18(20)11-17/h4-5,11,13,15-16,19H,3,6-10,12H2,1-2H3. The summed E-state index contributed by atoms with van der Waals surface area (Å²) in [6.45, 7) is 5.05. The lowest BCUT2D eigenvalue weighted by Crippen LogP contribution is -2.33. The molecule has 1 aromatic rings. The summed E-state index contributed by atoms with van der Waals surface area (Å²) >= 11 is 0. The van der Waals surface area contributed by atoms with Crippen LogP contribution in [-0.4, -0.2) is 12.7 Å². The predicted molar refractivity (Wildman–Crippen MR) is 84.0 cm³/mol. The zero-order valence-electron chi connectivity index (χ0n) is 13.3. The molecule has 2 aliphatic rings. The molecule has 2 heteroatoms. The molecule has 21 heavy (non-hydrogen) atoms. The van der Waals surface area contributed by atoms with Crippen LogP contribution in [0.15, 0.2) is 18.2 Å². The molecule has 0 amide bonds. The van der Waals surface area contributed by atoms with Crippen molar-refractivity contribution in [1.29, 1.82) is 0 Å². The van der Waals surface area contributed by atoms with Gasteiger partial charge in [-0.1, -0.05) is 19.1 Å². The zero-order valence-corrected chi connectivity index (χ0v) is 13.3. The molecule has 1 heterocycles. The minimum atomic E-state index is -0.0563. The summed E-state index contributed by atoms with van der Waals surface area (Å²) in [5.74, 6) is 1.94. The number of hydrogen-bond donors (Lipinski definition) is 0. The van der Waals surface area contributed by atoms with Gasteiger partial charge in [0.05, 0.1) is 6.10 Å². The highest BCUT2D eigenvalue weighted by Crippen LogP contribution is 2.40. The van der Waals surface area contributed by atoms with Gasteiger partial charge in [-0.2, -0.15) is 0 Å². The van der Waals surface area contributed by atoms with Crippen LogP contribution in [0.2, 0.25) is 0 Å². The maximum atomic E-state index is 13.7. The van der Waals surface area contributed by atoms with E-state index in [2.05, 4.69) is 13.0 Å². The molecule has 0 bridgehead atoms. The van der Waals surface area contributed by atoms with E-state index in [-0.39, 0.29) is 5.82 Å². The Morgan fingerprint density at radius 3 is 2.43 bits per heavy atom. The van der Waals surface area contributed by atoms with Crippen LogP contribution in [0, 0.1) is 24.6 Å². The third kappa shape index (κ3) is 3.48. The van der Waals surface area contributed by atoms with Crippen molar-refractivity contribution in [2.24, 2.45) is 11.8 Å². The van der Waals surface area contributed by atoms with E-state index in [1.807, 2.05) is 13.0 Å². The number of hydrogen-bond acceptors (Lipinski definition) is 1. The second-order valence-electron chi connectivity index (χ2n) is 7.17. The summed E-state index contributed by atoms with van der Waals surface area (Å²) < 4.78 is 19.8. The molecule has 1 saturated carbocycles. The fourth-order valence-electron chi connectivity index (χ4n) is 3.96. The molecule has 3 rings (SSSR count). The van der Waals surface area contributed by atoms with Crippen molar-refractivity contribution in [1.82, 2.24) is 0 Å². The molecule has 2 fully saturated rings. The van der Waals surface area contributed by atoms with Gasteiger partial charge < -0.3 is 4.74 Å². The normalized spacial score (nSPS) is 33.9. The van der Waals surface area contributed by atoms with E-state index in [9.17, 15) is 4.39 Å². The van der Waals surface area contributed by atoms with E-state index < -0.39 is 0 Å². The summed E-state index contributed by atoms with van der Waals surface area (Å²) in [6.07, 6.45) is 7.87. The SMILES string of the molecule is Cc1ccc(C2CCC(C3CCC(C)CO3)CC2)cc1F. The first-order valence-corrected chi connectivity index (χ1v) is 8.51. The molecule has 0 aromatic heterocycles. The van der Waals surface area contributed by atoms with Crippen molar-refractivity contribution in [3.05, 3.63) is 35.1 Å². The van der Waals surface area contributed by atoms with Gasteiger partial charge in [0, 0.05) is 6.61 Å². The fourth-order valence-corrected chi connectivity index (χ4v) is 3.96. The Labute approximate surface area is 127 Å². The molecule has 0 radical (unpaired) electrons. The maximum Gasteiger partial charge on any atom is 0.126 e. The zero-order chi connectivity index (χ0) is 14.8. The van der Waals surface area contributed by atoms with Crippen LogP contribution in [0.25, 0.3) is 0 Å². The summed E-state index contributed by atoms with van der Waals surface area (Å²) in [7, 11) is 0. The first-order chi connectivity index (χ1) is 10.1. The molecule has 1 aromatic carbocycles. The van der Waals surface area contributed by atoms with Gasteiger partial charge in [0.2, 0.25) is 0 Å². The number of halogens is 1. The molecular weight excluding hydrogens is 263 g/mol. The Balaban J connectivity index is 1.56. The van der Waals surface area contributed by atoms with Crippen molar-refractivity contribution in [3.8, 4) is 0 Å². The summed E-state index contributed by atoms with van der Waals surface area (Å²) in [6, 6.07) is 5.78. The third-order valence-electron chi connectivity index (χ3n) is 5.50. The number of benzene rings is 1. The minimum absolute atomic E-state index is 0.0563. The summed E-state index contributed by atoms with van der Waals surface area (Å²) in [4.78, 5) is 0. The molecule has 1 saturated heterocycles. The topological polar surface area (TPSA) is 9.23 Å². The maximum absolute atomic E-state index is 13.7. The average molecular weight is 290 g/mol. The number of rotatable bonds is 2. The Morgan fingerprint density at radius 1 is 1.05 bits per heavy atom. The quantitative estimate of drug-likeness (QED) is 0.725. The first-order valence-electron chi connectivity index (χ1n) is 8.51. The van der Waals surface area contributed by atoms with E-state index in [1.54, 1.807) is 6.07 Å². The lowest BCUT2D eigenvalue weighted by Gasteiger charge is -2.37. The minimum Gasteiger partial charge on any atom is -0.378 e. The predicted octanol–water partition coefficient (Wildman–Crippen LogP) is 5.22. The van der Waals surface area contributed by atoms with Crippen LogP contribution in [0.4, 0.5) is 4.39 Å². The number of ether oxygens (including phenoxy) is 1. The Bertz CT molecular complexity index is 468. The van der Waals surface area contributed by atoms with Crippen LogP contribution in [0.3, 0.4) is 0 Å². The Kier molecular flexibility index (Phi) is 4.63. The van der Waals surface area contributed by atoms with Crippen LogP contribution in [0.5, 0.6) is 0 Å². The van der Waals surface area contributed by atoms with Crippen molar-refractivity contribution in [2.75, 3.05) is 6.61 Å². The van der Waals surface area contributed by atoms with E-state index in [4.69, 9.17) is 4.74 Å². The second-order valence-corrected chi connectivity index (χ2v) is 7.17. The van der Waals surface area contributed by atoms with Gasteiger partial charge in [-0.15, -0.1) is 0 Å². The van der Waals surface area contributed by atoms with Crippen molar-refractivity contribution in [2.45, 2.75) is 64.4 Å². The molecule has 2 unspecified atom stereocenters. The monoisotopic (exact) mass is 290 g/mol. The van der Waals surface area contributed by atoms with E-state index >= 15 is 0 Å². The van der Waals surface area contributed by atoms with Gasteiger partial charge in [0.15, 0.2) is 0 Å². The molecule has 2 atom stereocenters. The van der Waals surface area contributed by atoms with Crippen LogP contribution in [0.1, 0.15) is 62.5 Å². The van der Waals surface area contributed by atoms with Gasteiger partial charge in [-0.05, 0) is 80.4 Å². The first kappa shape index (κ1) is 15.0. The molecule has 1 aliphatic heterocycles. The van der Waals surface area contributed by atoms with Gasteiger partial charge >= 0.3 is 0 Å². The molecule has 0 N–H and O–H groups in total. The van der Waals surface area contributed by atoms with Gasteiger partial charge in [0.25, 0.3) is 0 Å². The molecule has 1 nitrogen and oxygen atoms in total. The van der Waals surface area contributed by atoms with Crippen LogP contribution in [-0.2, 0) is 4.74 Å². The molecular formula is C19H27FO. The van der Waals surface area contributed by atoms with Crippen molar-refractivity contribution in [3.63, 3.8) is 0 Å². The lowest BCUT2D eigenvalue weighted by molar-refractivity contribution is -0.0523. The Hall–Kier alpha value is -0.890. The molecule has 1 aliphatic carbocycles. The van der Waals surface area contributed by atoms with Crippen LogP contribution < -0.4 is 0 Å². The van der Waals surface area contributed by atoms with E-state index in [0.717, 1.165) is 24.0 Å². The highest BCUT2D eigenvalue weighted by atomic mass is 19.1. The van der Waals surface area contributed by atoms with E-state index in [0.29, 0.717) is 12.0 Å². The fraction of sp³-hybridized carbons (Fsp3) is 0.684. The summed E-state index contributed by atoms with van der Waals surface area (Å²) in [5.41, 5.74) is 1.94. The lowest BCUT2D eigenvalue weighted by atomic mass is 9.75. The van der Waals surface area contributed by atoms with Gasteiger partial charge in [0.1, 0.15) is 5.82 Å². The highest BCUT2D eigenvalue weighted by molar-refractivity contribution is 5.26. The van der Waals surface area contributed by atoms with Gasteiger partial charge in [-0.25, -0.2) is 4.39 Å². The average Bonchev–Trinajstić information content (AvgIpc) is 2.51. The second kappa shape index (κ2) is 6.48. The molecule has 116 valence electrons. The Morgan fingerprint density at radius 2 is 1.81 bits per heavy atom. The van der Waals surface area contributed by atoms with E-state index in [1.165, 1.54) is 44.1 Å². The highest BCUT2D eigenvalue weighted by Gasteiger charge is 2.31. The van der Waals surface area contributed by atoms with Gasteiger partial charge in [-0.3, -0.25) is 0 Å².